The van der Waals surface area contributed by atoms with Crippen molar-refractivity contribution in [2.45, 2.75) is 25.9 Å². The normalized spacial score (nSPS) is 12.3. The molecule has 150 valence electrons. The molecule has 0 aliphatic rings. The fourth-order valence-corrected chi connectivity index (χ4v) is 2.61. The number of aromatic nitrogens is 2. The number of alkyl halides is 3. The Labute approximate surface area is 166 Å². The summed E-state index contributed by atoms with van der Waals surface area (Å²) in [6, 6.07) is 12.9. The van der Waals surface area contributed by atoms with Gasteiger partial charge in [0.25, 0.3) is 0 Å². The van der Waals surface area contributed by atoms with E-state index in [1.807, 2.05) is 13.0 Å². The highest BCUT2D eigenvalue weighted by Crippen LogP contribution is 2.30. The van der Waals surface area contributed by atoms with E-state index in [2.05, 4.69) is 20.6 Å². The van der Waals surface area contributed by atoms with Gasteiger partial charge in [-0.3, -0.25) is 9.78 Å². The minimum Gasteiger partial charge on any atom is -0.355 e. The molecule has 3 rings (SSSR count). The first-order valence-electron chi connectivity index (χ1n) is 8.86. The van der Waals surface area contributed by atoms with Gasteiger partial charge >= 0.3 is 6.18 Å². The summed E-state index contributed by atoms with van der Waals surface area (Å²) >= 11 is 0. The Morgan fingerprint density at radius 1 is 1.00 bits per heavy atom. The number of amides is 1. The van der Waals surface area contributed by atoms with Crippen LogP contribution in [0.2, 0.25) is 0 Å². The lowest BCUT2D eigenvalue weighted by atomic mass is 10.00. The molecule has 0 saturated heterocycles. The quantitative estimate of drug-likeness (QED) is 0.611. The average Bonchev–Trinajstić information content (AvgIpc) is 2.69. The molecule has 2 heterocycles. The molecule has 0 saturated carbocycles. The Kier molecular flexibility index (Phi) is 5.81. The molecule has 1 unspecified atom stereocenters. The van der Waals surface area contributed by atoms with Crippen molar-refractivity contribution in [1.29, 1.82) is 0 Å². The Bertz CT molecular complexity index is 986. The summed E-state index contributed by atoms with van der Waals surface area (Å²) in [6.45, 7) is 3.68. The predicted octanol–water partition coefficient (Wildman–Crippen LogP) is 5.29. The van der Waals surface area contributed by atoms with Crippen molar-refractivity contribution in [3.8, 4) is 0 Å². The number of carbonyl (C=O) groups excluding carboxylic acids is 1. The number of nitrogens with zero attached hydrogens (tertiary/aromatic N) is 2. The minimum atomic E-state index is -4.50. The van der Waals surface area contributed by atoms with Crippen molar-refractivity contribution in [3.63, 3.8) is 0 Å². The fraction of sp³-hybridized carbons (Fsp3) is 0.190. The van der Waals surface area contributed by atoms with Crippen molar-refractivity contribution in [2.24, 2.45) is 0 Å². The summed E-state index contributed by atoms with van der Waals surface area (Å²) in [5, 5.41) is 5.67. The second-order valence-corrected chi connectivity index (χ2v) is 6.61. The van der Waals surface area contributed by atoms with E-state index >= 15 is 0 Å². The van der Waals surface area contributed by atoms with Crippen molar-refractivity contribution >= 4 is 23.1 Å². The third-order valence-electron chi connectivity index (χ3n) is 4.31. The van der Waals surface area contributed by atoms with Crippen LogP contribution in [0.4, 0.5) is 30.4 Å². The van der Waals surface area contributed by atoms with Crippen LogP contribution in [0.1, 0.15) is 29.7 Å². The van der Waals surface area contributed by atoms with Crippen molar-refractivity contribution in [2.75, 3.05) is 10.6 Å². The largest absolute Gasteiger partial charge is 0.433 e. The van der Waals surface area contributed by atoms with Crippen LogP contribution in [-0.2, 0) is 11.0 Å². The first-order chi connectivity index (χ1) is 13.7. The van der Waals surface area contributed by atoms with Gasteiger partial charge in [-0.05, 0) is 55.3 Å². The number of nitrogens with one attached hydrogen (secondary N) is 2. The number of carbonyl (C=O) groups is 1. The summed E-state index contributed by atoms with van der Waals surface area (Å²) in [5.41, 5.74) is 1.67. The van der Waals surface area contributed by atoms with E-state index in [-0.39, 0.29) is 11.6 Å². The summed E-state index contributed by atoms with van der Waals surface area (Å²) in [4.78, 5) is 19.9. The Morgan fingerprint density at radius 2 is 1.72 bits per heavy atom. The Morgan fingerprint density at radius 3 is 2.34 bits per heavy atom. The fourth-order valence-electron chi connectivity index (χ4n) is 2.61. The highest BCUT2D eigenvalue weighted by Gasteiger charge is 2.32. The number of rotatable bonds is 5. The molecule has 0 aliphatic heterocycles. The van der Waals surface area contributed by atoms with Crippen LogP contribution in [0.25, 0.3) is 0 Å². The molecule has 1 aromatic carbocycles. The van der Waals surface area contributed by atoms with Gasteiger partial charge in [-0.1, -0.05) is 18.2 Å². The monoisotopic (exact) mass is 400 g/mol. The molecule has 0 spiro atoms. The number of pyridine rings is 2. The number of benzene rings is 1. The van der Waals surface area contributed by atoms with Crippen LogP contribution >= 0.6 is 0 Å². The molecule has 1 amide bonds. The van der Waals surface area contributed by atoms with Gasteiger partial charge in [-0.25, -0.2) is 4.98 Å². The Hall–Kier alpha value is -3.42. The average molecular weight is 400 g/mol. The van der Waals surface area contributed by atoms with Crippen molar-refractivity contribution in [1.82, 2.24) is 9.97 Å². The maximum absolute atomic E-state index is 12.8. The standard InChI is InChI=1S/C21H19F3N4O/c1-13-3-8-19(26-12-13)28-20(29)14(2)15-4-6-16(7-5-15)27-17-9-10-25-18(11-17)21(22,23)24/h3-12,14H,1-2H3,(H,25,27)(H,26,28,29). The molecule has 29 heavy (non-hydrogen) atoms. The second-order valence-electron chi connectivity index (χ2n) is 6.61. The van der Waals surface area contributed by atoms with E-state index in [9.17, 15) is 18.0 Å². The molecular formula is C21H19F3N4O. The first-order valence-corrected chi connectivity index (χ1v) is 8.86. The van der Waals surface area contributed by atoms with Gasteiger partial charge in [-0.2, -0.15) is 13.2 Å². The lowest BCUT2D eigenvalue weighted by molar-refractivity contribution is -0.141. The zero-order valence-corrected chi connectivity index (χ0v) is 15.8. The summed E-state index contributed by atoms with van der Waals surface area (Å²) in [7, 11) is 0. The van der Waals surface area contributed by atoms with Crippen LogP contribution in [0.5, 0.6) is 0 Å². The molecule has 2 aromatic heterocycles. The number of hydrogen-bond acceptors (Lipinski definition) is 4. The molecule has 0 bridgehead atoms. The number of anilines is 3. The van der Waals surface area contributed by atoms with E-state index in [0.29, 0.717) is 11.5 Å². The number of aryl methyl sites for hydroxylation is 1. The van der Waals surface area contributed by atoms with Crippen molar-refractivity contribution in [3.05, 3.63) is 77.7 Å². The lowest BCUT2D eigenvalue weighted by Gasteiger charge is -2.14. The predicted molar refractivity (Wildman–Crippen MR) is 105 cm³/mol. The Balaban J connectivity index is 1.66. The maximum Gasteiger partial charge on any atom is 0.433 e. The third-order valence-corrected chi connectivity index (χ3v) is 4.31. The minimum absolute atomic E-state index is 0.203. The highest BCUT2D eigenvalue weighted by molar-refractivity contribution is 5.94. The van der Waals surface area contributed by atoms with Gasteiger partial charge in [0.1, 0.15) is 11.5 Å². The smallest absolute Gasteiger partial charge is 0.355 e. The van der Waals surface area contributed by atoms with Crippen LogP contribution in [0.15, 0.2) is 60.9 Å². The molecule has 3 aromatic rings. The second kappa shape index (κ2) is 8.30. The molecule has 8 heteroatoms. The number of halogens is 3. The lowest BCUT2D eigenvalue weighted by Crippen LogP contribution is -2.19. The van der Waals surface area contributed by atoms with E-state index in [0.717, 1.165) is 23.4 Å². The molecular weight excluding hydrogens is 381 g/mol. The van der Waals surface area contributed by atoms with Crippen LogP contribution in [0, 0.1) is 6.92 Å². The maximum atomic E-state index is 12.8. The molecule has 0 fully saturated rings. The summed E-state index contributed by atoms with van der Waals surface area (Å²) in [6.07, 6.45) is -1.73. The van der Waals surface area contributed by atoms with Crippen LogP contribution < -0.4 is 10.6 Å². The zero-order chi connectivity index (χ0) is 21.0. The van der Waals surface area contributed by atoms with Gasteiger partial charge < -0.3 is 10.6 Å². The van der Waals surface area contributed by atoms with Gasteiger partial charge in [0.2, 0.25) is 5.91 Å². The highest BCUT2D eigenvalue weighted by atomic mass is 19.4. The van der Waals surface area contributed by atoms with Gasteiger partial charge in [0.15, 0.2) is 0 Å². The van der Waals surface area contributed by atoms with Gasteiger partial charge in [0.05, 0.1) is 5.92 Å². The summed E-state index contributed by atoms with van der Waals surface area (Å²) < 4.78 is 38.3. The molecule has 2 N–H and O–H groups in total. The zero-order valence-electron chi connectivity index (χ0n) is 15.8. The van der Waals surface area contributed by atoms with Crippen molar-refractivity contribution < 1.29 is 18.0 Å². The first kappa shape index (κ1) is 20.3. The van der Waals surface area contributed by atoms with Gasteiger partial charge in [-0.15, -0.1) is 0 Å². The topological polar surface area (TPSA) is 66.9 Å². The van der Waals surface area contributed by atoms with E-state index in [1.165, 1.54) is 6.07 Å². The molecule has 5 nitrogen and oxygen atoms in total. The van der Waals surface area contributed by atoms with Crippen LogP contribution in [-0.4, -0.2) is 15.9 Å². The molecule has 0 radical (unpaired) electrons. The van der Waals surface area contributed by atoms with E-state index in [4.69, 9.17) is 0 Å². The molecule has 1 atom stereocenters. The SMILES string of the molecule is Cc1ccc(NC(=O)C(C)c2ccc(Nc3ccnc(C(F)(F)F)c3)cc2)nc1. The number of hydrogen-bond donors (Lipinski definition) is 2. The van der Waals surface area contributed by atoms with E-state index in [1.54, 1.807) is 43.5 Å². The third kappa shape index (κ3) is 5.31. The molecule has 0 aliphatic carbocycles. The summed E-state index contributed by atoms with van der Waals surface area (Å²) in [5.74, 6) is -0.153. The van der Waals surface area contributed by atoms with E-state index < -0.39 is 17.8 Å². The van der Waals surface area contributed by atoms with Crippen LogP contribution in [0.3, 0.4) is 0 Å². The van der Waals surface area contributed by atoms with Gasteiger partial charge in [0, 0.05) is 23.8 Å².